The van der Waals surface area contributed by atoms with Gasteiger partial charge in [0, 0.05) is 31.1 Å². The first kappa shape index (κ1) is 23.5. The van der Waals surface area contributed by atoms with Gasteiger partial charge in [-0.25, -0.2) is 13.4 Å². The maximum absolute atomic E-state index is 13.5. The molecule has 8 heteroatoms. The minimum atomic E-state index is -3.32. The first-order valence-corrected chi connectivity index (χ1v) is 14.5. The fourth-order valence-electron chi connectivity index (χ4n) is 5.02. The van der Waals surface area contributed by atoms with E-state index < -0.39 is 15.8 Å². The zero-order chi connectivity index (χ0) is 24.0. The summed E-state index contributed by atoms with van der Waals surface area (Å²) in [5.41, 5.74) is 2.07. The van der Waals surface area contributed by atoms with Crippen molar-refractivity contribution in [2.24, 2.45) is 5.92 Å². The molecule has 3 aliphatic rings. The van der Waals surface area contributed by atoms with Crippen molar-refractivity contribution >= 4 is 38.5 Å². The number of carbonyl (C=O) groups excluding carboxylic acids is 3. The van der Waals surface area contributed by atoms with Crippen LogP contribution in [0.5, 0.6) is 0 Å². The van der Waals surface area contributed by atoms with Gasteiger partial charge in [-0.1, -0.05) is 12.1 Å². The summed E-state index contributed by atoms with van der Waals surface area (Å²) in [6.45, 7) is 1.46. The lowest BCUT2D eigenvalue weighted by molar-refractivity contribution is -0.121. The summed E-state index contributed by atoms with van der Waals surface area (Å²) in [6.07, 6.45) is 5.95. The number of hydrogen-bond donors (Lipinski definition) is 0. The van der Waals surface area contributed by atoms with Gasteiger partial charge in [0.2, 0.25) is 0 Å². The van der Waals surface area contributed by atoms with Crippen LogP contribution in [0.15, 0.2) is 28.5 Å². The molecule has 3 fully saturated rings. The molecule has 0 unspecified atom stereocenters. The monoisotopic (exact) mass is 499 g/mol. The molecule has 0 spiro atoms. The quantitative estimate of drug-likeness (QED) is 0.435. The van der Waals surface area contributed by atoms with E-state index >= 15 is 0 Å². The lowest BCUT2D eigenvalue weighted by Crippen LogP contribution is -2.19. The van der Waals surface area contributed by atoms with Gasteiger partial charge < -0.3 is 0 Å². The van der Waals surface area contributed by atoms with Crippen LogP contribution in [-0.4, -0.2) is 36.0 Å². The van der Waals surface area contributed by atoms with Crippen molar-refractivity contribution in [2.45, 2.75) is 86.7 Å². The van der Waals surface area contributed by atoms with Crippen LogP contribution in [0.3, 0.4) is 0 Å². The molecular weight excluding hydrogens is 470 g/mol. The highest BCUT2D eigenvalue weighted by atomic mass is 32.2. The van der Waals surface area contributed by atoms with Crippen LogP contribution < -0.4 is 0 Å². The van der Waals surface area contributed by atoms with E-state index in [1.807, 2.05) is 12.1 Å². The van der Waals surface area contributed by atoms with Gasteiger partial charge in [0.1, 0.15) is 22.3 Å². The van der Waals surface area contributed by atoms with E-state index in [0.29, 0.717) is 34.9 Å². The Morgan fingerprint density at radius 1 is 1.15 bits per heavy atom. The Morgan fingerprint density at radius 3 is 2.50 bits per heavy atom. The zero-order valence-electron chi connectivity index (χ0n) is 19.3. The molecule has 1 heterocycles. The van der Waals surface area contributed by atoms with E-state index in [9.17, 15) is 22.8 Å². The highest BCUT2D eigenvalue weighted by molar-refractivity contribution is 7.92. The van der Waals surface area contributed by atoms with Crippen LogP contribution in [0.25, 0.3) is 0 Å². The second-order valence-electron chi connectivity index (χ2n) is 10.1. The summed E-state index contributed by atoms with van der Waals surface area (Å²) < 4.78 is 26.1. The highest BCUT2D eigenvalue weighted by Gasteiger charge is 2.41. The molecule has 0 saturated heterocycles. The smallest absolute Gasteiger partial charge is 0.181 e. The average Bonchev–Trinajstić information content (AvgIpc) is 3.72. The molecule has 1 aromatic carbocycles. The number of thiazole rings is 1. The van der Waals surface area contributed by atoms with E-state index in [-0.39, 0.29) is 40.9 Å². The molecule has 34 heavy (non-hydrogen) atoms. The number of sulfone groups is 1. The Kier molecular flexibility index (Phi) is 6.31. The summed E-state index contributed by atoms with van der Waals surface area (Å²) in [6, 6.07) is 5.48. The molecule has 2 atom stereocenters. The molecule has 3 aliphatic carbocycles. The third-order valence-corrected chi connectivity index (χ3v) is 10.4. The summed E-state index contributed by atoms with van der Waals surface area (Å²) in [4.78, 5) is 41.8. The van der Waals surface area contributed by atoms with Gasteiger partial charge in [0.25, 0.3) is 0 Å². The SMILES string of the molecule is CC(=O)c1csc(CC(=O)[C@H](C[C@H]2CCC(=O)C2)c2ccc(S(=O)(=O)C3CC3)c(C3CC3)c2)n1. The Bertz CT molecular complexity index is 1250. The topological polar surface area (TPSA) is 98.2 Å². The van der Waals surface area contributed by atoms with E-state index in [2.05, 4.69) is 4.98 Å². The molecule has 0 bridgehead atoms. The number of aromatic nitrogens is 1. The summed E-state index contributed by atoms with van der Waals surface area (Å²) in [7, 11) is -3.32. The first-order valence-electron chi connectivity index (χ1n) is 12.1. The normalized spacial score (nSPS) is 21.6. The van der Waals surface area contributed by atoms with Gasteiger partial charge in [-0.3, -0.25) is 14.4 Å². The Morgan fingerprint density at radius 2 is 1.91 bits per heavy atom. The summed E-state index contributed by atoms with van der Waals surface area (Å²) in [5, 5.41) is 2.02. The third-order valence-electron chi connectivity index (χ3n) is 7.27. The number of carbonyl (C=O) groups is 3. The minimum absolute atomic E-state index is 0.00310. The minimum Gasteiger partial charge on any atom is -0.300 e. The van der Waals surface area contributed by atoms with Crippen molar-refractivity contribution in [2.75, 3.05) is 0 Å². The van der Waals surface area contributed by atoms with Crippen molar-refractivity contribution < 1.29 is 22.8 Å². The Balaban J connectivity index is 1.46. The number of ketones is 3. The summed E-state index contributed by atoms with van der Waals surface area (Å²) >= 11 is 1.31. The maximum atomic E-state index is 13.5. The molecule has 5 rings (SSSR count). The second-order valence-corrected chi connectivity index (χ2v) is 13.2. The molecule has 180 valence electrons. The van der Waals surface area contributed by atoms with Crippen LogP contribution in [0.2, 0.25) is 0 Å². The maximum Gasteiger partial charge on any atom is 0.181 e. The molecule has 6 nitrogen and oxygen atoms in total. The fraction of sp³-hybridized carbons (Fsp3) is 0.538. The highest BCUT2D eigenvalue weighted by Crippen LogP contribution is 2.47. The number of nitrogens with zero attached hydrogens (tertiary/aromatic N) is 1. The van der Waals surface area contributed by atoms with Crippen molar-refractivity contribution in [3.8, 4) is 0 Å². The average molecular weight is 500 g/mol. The molecule has 0 aliphatic heterocycles. The lowest BCUT2D eigenvalue weighted by Gasteiger charge is -2.21. The molecule has 2 aromatic rings. The van der Waals surface area contributed by atoms with E-state index in [0.717, 1.165) is 43.2 Å². The lowest BCUT2D eigenvalue weighted by atomic mass is 9.83. The number of benzene rings is 1. The van der Waals surface area contributed by atoms with E-state index in [4.69, 9.17) is 0 Å². The van der Waals surface area contributed by atoms with Gasteiger partial charge in [-0.15, -0.1) is 11.3 Å². The van der Waals surface area contributed by atoms with Crippen LogP contribution in [-0.2, 0) is 25.8 Å². The van der Waals surface area contributed by atoms with Crippen molar-refractivity contribution in [1.82, 2.24) is 4.98 Å². The van der Waals surface area contributed by atoms with Gasteiger partial charge >= 0.3 is 0 Å². The molecule has 0 N–H and O–H groups in total. The second kappa shape index (κ2) is 9.11. The largest absolute Gasteiger partial charge is 0.300 e. The first-order chi connectivity index (χ1) is 16.2. The molecule has 3 saturated carbocycles. The fourth-order valence-corrected chi connectivity index (χ4v) is 7.79. The van der Waals surface area contributed by atoms with Gasteiger partial charge in [-0.05, 0) is 67.6 Å². The van der Waals surface area contributed by atoms with Crippen molar-refractivity contribution in [3.63, 3.8) is 0 Å². The van der Waals surface area contributed by atoms with Crippen molar-refractivity contribution in [1.29, 1.82) is 0 Å². The van der Waals surface area contributed by atoms with Gasteiger partial charge in [-0.2, -0.15) is 0 Å². The number of hydrogen-bond acceptors (Lipinski definition) is 7. The molecule has 0 amide bonds. The van der Waals surface area contributed by atoms with E-state index in [1.165, 1.54) is 18.3 Å². The van der Waals surface area contributed by atoms with Crippen molar-refractivity contribution in [3.05, 3.63) is 45.4 Å². The molecule has 0 radical (unpaired) electrons. The Hall–Kier alpha value is -2.19. The van der Waals surface area contributed by atoms with Gasteiger partial charge in [0.15, 0.2) is 15.6 Å². The van der Waals surface area contributed by atoms with Crippen LogP contribution in [0.1, 0.15) is 96.7 Å². The predicted molar refractivity (Wildman–Crippen MR) is 129 cm³/mol. The van der Waals surface area contributed by atoms with Gasteiger partial charge in [0.05, 0.1) is 16.6 Å². The standard InChI is InChI=1S/C26H29NO5S2/c1-15(28)23-14-33-26(27-23)13-24(30)21(11-16-2-6-19(29)10-16)18-5-9-25(22(12-18)17-3-4-17)34(31,32)20-7-8-20/h5,9,12,14,16-17,20-21H,2-4,6-8,10-11,13H2,1H3/t16-,21+/m0/s1. The van der Waals surface area contributed by atoms with Crippen LogP contribution in [0, 0.1) is 5.92 Å². The molecule has 1 aromatic heterocycles. The molecular formula is C26H29NO5S2. The predicted octanol–water partition coefficient (Wildman–Crippen LogP) is 4.81. The number of rotatable bonds is 10. The third kappa shape index (κ3) is 4.93. The Labute approximate surface area is 204 Å². The summed E-state index contributed by atoms with van der Waals surface area (Å²) in [5.74, 6) is 0.0949. The van der Waals surface area contributed by atoms with E-state index in [1.54, 1.807) is 11.4 Å². The zero-order valence-corrected chi connectivity index (χ0v) is 20.9. The van der Waals surface area contributed by atoms with Crippen LogP contribution in [0.4, 0.5) is 0 Å². The number of Topliss-reactive ketones (excluding diaryl/α,β-unsaturated/α-hetero) is 3. The van der Waals surface area contributed by atoms with Crippen LogP contribution >= 0.6 is 11.3 Å².